The van der Waals surface area contributed by atoms with Gasteiger partial charge >= 0.3 is 0 Å². The first-order valence-electron chi connectivity index (χ1n) is 8.70. The summed E-state index contributed by atoms with van der Waals surface area (Å²) in [4.78, 5) is 2.49. The largest absolute Gasteiger partial charge is 0.492 e. The van der Waals surface area contributed by atoms with Crippen molar-refractivity contribution in [3.63, 3.8) is 0 Å². The summed E-state index contributed by atoms with van der Waals surface area (Å²) in [6.45, 7) is 8.13. The molecule has 3 rings (SSSR count). The van der Waals surface area contributed by atoms with Crippen LogP contribution in [0, 0.1) is 19.3 Å². The van der Waals surface area contributed by atoms with E-state index in [-0.39, 0.29) is 11.5 Å². The van der Waals surface area contributed by atoms with Gasteiger partial charge in [-0.05, 0) is 63.3 Å². The number of aliphatic hydroxyl groups excluding tert-OH is 1. The molecule has 1 aromatic rings. The lowest BCUT2D eigenvalue weighted by Crippen LogP contribution is -2.48. The first kappa shape index (κ1) is 15.8. The standard InChI is InChI=1S/C19H29NO2/c1-15-6-3-7-17(16(15)2)22-13-12-20-11-5-10-19(14-20)9-4-8-18(19)21/h3,6-7,18,21H,4-5,8-14H2,1-2H3/t18-,19+/m1/s1. The summed E-state index contributed by atoms with van der Waals surface area (Å²) in [5, 5.41) is 10.3. The number of aliphatic hydroxyl groups is 1. The van der Waals surface area contributed by atoms with E-state index >= 15 is 0 Å². The Balaban J connectivity index is 1.52. The van der Waals surface area contributed by atoms with Crippen LogP contribution in [0.3, 0.4) is 0 Å². The van der Waals surface area contributed by atoms with Crippen LogP contribution >= 0.6 is 0 Å². The molecule has 1 saturated heterocycles. The highest BCUT2D eigenvalue weighted by molar-refractivity contribution is 5.38. The molecule has 2 fully saturated rings. The van der Waals surface area contributed by atoms with Gasteiger partial charge in [0.15, 0.2) is 0 Å². The van der Waals surface area contributed by atoms with E-state index in [9.17, 15) is 5.11 Å². The molecule has 1 aliphatic carbocycles. The minimum Gasteiger partial charge on any atom is -0.492 e. The van der Waals surface area contributed by atoms with Gasteiger partial charge in [-0.2, -0.15) is 0 Å². The molecule has 1 N–H and O–H groups in total. The van der Waals surface area contributed by atoms with Gasteiger partial charge in [0.05, 0.1) is 6.10 Å². The van der Waals surface area contributed by atoms with Crippen LogP contribution in [0.15, 0.2) is 18.2 Å². The molecule has 3 heteroatoms. The van der Waals surface area contributed by atoms with Gasteiger partial charge in [-0.3, -0.25) is 4.90 Å². The van der Waals surface area contributed by atoms with E-state index in [0.717, 1.165) is 38.4 Å². The summed E-state index contributed by atoms with van der Waals surface area (Å²) in [7, 11) is 0. The molecule has 0 amide bonds. The van der Waals surface area contributed by atoms with Crippen molar-refractivity contribution in [2.75, 3.05) is 26.2 Å². The quantitative estimate of drug-likeness (QED) is 0.926. The third-order valence-electron chi connectivity index (χ3n) is 5.77. The highest BCUT2D eigenvalue weighted by Crippen LogP contribution is 2.44. The number of benzene rings is 1. The summed E-state index contributed by atoms with van der Waals surface area (Å²) < 4.78 is 5.99. The van der Waals surface area contributed by atoms with Crippen molar-refractivity contribution in [3.8, 4) is 5.75 Å². The summed E-state index contributed by atoms with van der Waals surface area (Å²) in [5.74, 6) is 1.01. The van der Waals surface area contributed by atoms with Crippen LogP contribution in [0.4, 0.5) is 0 Å². The average molecular weight is 303 g/mol. The fourth-order valence-corrected chi connectivity index (χ4v) is 4.21. The average Bonchev–Trinajstić information content (AvgIpc) is 2.84. The SMILES string of the molecule is Cc1cccc(OCCN2CCC[C@@]3(CCC[C@H]3O)C2)c1C. The lowest BCUT2D eigenvalue weighted by molar-refractivity contribution is -0.0123. The van der Waals surface area contributed by atoms with Crippen molar-refractivity contribution in [1.29, 1.82) is 0 Å². The zero-order chi connectivity index (χ0) is 15.6. The summed E-state index contributed by atoms with van der Waals surface area (Å²) in [6.07, 6.45) is 5.70. The second-order valence-corrected chi connectivity index (χ2v) is 7.20. The van der Waals surface area contributed by atoms with E-state index in [2.05, 4.69) is 36.9 Å². The maximum absolute atomic E-state index is 10.3. The van der Waals surface area contributed by atoms with Crippen molar-refractivity contribution in [1.82, 2.24) is 4.90 Å². The molecule has 1 heterocycles. The molecule has 22 heavy (non-hydrogen) atoms. The van der Waals surface area contributed by atoms with E-state index < -0.39 is 0 Å². The normalized spacial score (nSPS) is 29.1. The monoisotopic (exact) mass is 303 g/mol. The minimum absolute atomic E-state index is 0.0877. The molecule has 1 aliphatic heterocycles. The van der Waals surface area contributed by atoms with Crippen LogP contribution in [0.5, 0.6) is 5.75 Å². The second-order valence-electron chi connectivity index (χ2n) is 7.20. The Kier molecular flexibility index (Phi) is 4.74. The molecule has 2 aliphatic rings. The molecular weight excluding hydrogens is 274 g/mol. The second kappa shape index (κ2) is 6.59. The van der Waals surface area contributed by atoms with Crippen LogP contribution in [0.1, 0.15) is 43.2 Å². The van der Waals surface area contributed by atoms with E-state index in [0.29, 0.717) is 0 Å². The van der Waals surface area contributed by atoms with Crippen LogP contribution < -0.4 is 4.74 Å². The fourth-order valence-electron chi connectivity index (χ4n) is 4.21. The topological polar surface area (TPSA) is 32.7 Å². The lowest BCUT2D eigenvalue weighted by atomic mass is 9.77. The van der Waals surface area contributed by atoms with Crippen LogP contribution in [-0.4, -0.2) is 42.4 Å². The van der Waals surface area contributed by atoms with E-state index in [4.69, 9.17) is 4.74 Å². The Labute approximate surface area is 134 Å². The zero-order valence-electron chi connectivity index (χ0n) is 14.0. The number of aryl methyl sites for hydroxylation is 1. The molecule has 1 spiro atoms. The predicted molar refractivity (Wildman–Crippen MR) is 89.4 cm³/mol. The van der Waals surface area contributed by atoms with Gasteiger partial charge in [-0.25, -0.2) is 0 Å². The fraction of sp³-hybridized carbons (Fsp3) is 0.684. The smallest absolute Gasteiger partial charge is 0.122 e. The maximum atomic E-state index is 10.3. The molecule has 0 bridgehead atoms. The van der Waals surface area contributed by atoms with Gasteiger partial charge < -0.3 is 9.84 Å². The summed E-state index contributed by atoms with van der Waals surface area (Å²) >= 11 is 0. The molecule has 2 atom stereocenters. The Hall–Kier alpha value is -1.06. The van der Waals surface area contributed by atoms with E-state index in [1.54, 1.807) is 0 Å². The number of rotatable bonds is 4. The third kappa shape index (κ3) is 3.16. The Morgan fingerprint density at radius 3 is 2.86 bits per heavy atom. The molecular formula is C19H29NO2. The van der Waals surface area contributed by atoms with Crippen LogP contribution in [0.2, 0.25) is 0 Å². The van der Waals surface area contributed by atoms with E-state index in [1.807, 2.05) is 0 Å². The highest BCUT2D eigenvalue weighted by Gasteiger charge is 2.44. The number of likely N-dealkylation sites (tertiary alicyclic amines) is 1. The number of ether oxygens (including phenoxy) is 1. The number of hydrogen-bond donors (Lipinski definition) is 1. The minimum atomic E-state index is -0.0877. The molecule has 1 saturated carbocycles. The van der Waals surface area contributed by atoms with Crippen molar-refractivity contribution in [2.24, 2.45) is 5.41 Å². The third-order valence-corrected chi connectivity index (χ3v) is 5.77. The van der Waals surface area contributed by atoms with Gasteiger partial charge in [-0.1, -0.05) is 18.6 Å². The van der Waals surface area contributed by atoms with Gasteiger partial charge in [0.2, 0.25) is 0 Å². The molecule has 0 radical (unpaired) electrons. The molecule has 0 aromatic heterocycles. The number of piperidine rings is 1. The van der Waals surface area contributed by atoms with Gasteiger partial charge in [0.1, 0.15) is 12.4 Å². The highest BCUT2D eigenvalue weighted by atomic mass is 16.5. The first-order valence-corrected chi connectivity index (χ1v) is 8.70. The predicted octanol–water partition coefficient (Wildman–Crippen LogP) is 3.31. The van der Waals surface area contributed by atoms with Gasteiger partial charge in [-0.15, -0.1) is 0 Å². The van der Waals surface area contributed by atoms with Crippen LogP contribution in [-0.2, 0) is 0 Å². The number of nitrogens with zero attached hydrogens (tertiary/aromatic N) is 1. The Morgan fingerprint density at radius 1 is 1.27 bits per heavy atom. The molecule has 0 unspecified atom stereocenters. The van der Waals surface area contributed by atoms with Gasteiger partial charge in [0, 0.05) is 18.5 Å². The lowest BCUT2D eigenvalue weighted by Gasteiger charge is -2.42. The number of hydrogen-bond acceptors (Lipinski definition) is 3. The first-order chi connectivity index (χ1) is 10.6. The van der Waals surface area contributed by atoms with Crippen molar-refractivity contribution in [3.05, 3.63) is 29.3 Å². The molecule has 1 aromatic carbocycles. The Morgan fingerprint density at radius 2 is 2.09 bits per heavy atom. The summed E-state index contributed by atoms with van der Waals surface area (Å²) in [6, 6.07) is 6.24. The van der Waals surface area contributed by atoms with Crippen molar-refractivity contribution >= 4 is 0 Å². The maximum Gasteiger partial charge on any atom is 0.122 e. The summed E-state index contributed by atoms with van der Waals surface area (Å²) in [5.41, 5.74) is 2.70. The Bertz CT molecular complexity index is 516. The molecule has 3 nitrogen and oxygen atoms in total. The zero-order valence-corrected chi connectivity index (χ0v) is 14.0. The van der Waals surface area contributed by atoms with Crippen molar-refractivity contribution in [2.45, 2.75) is 52.1 Å². The van der Waals surface area contributed by atoms with Crippen molar-refractivity contribution < 1.29 is 9.84 Å². The molecule has 122 valence electrons. The van der Waals surface area contributed by atoms with E-state index in [1.165, 1.54) is 36.8 Å². The van der Waals surface area contributed by atoms with Crippen LogP contribution in [0.25, 0.3) is 0 Å². The van der Waals surface area contributed by atoms with Gasteiger partial charge in [0.25, 0.3) is 0 Å².